The summed E-state index contributed by atoms with van der Waals surface area (Å²) >= 11 is 0. The first-order valence-electron chi connectivity index (χ1n) is 9.52. The number of benzene rings is 1. The van der Waals surface area contributed by atoms with E-state index in [1.165, 1.54) is 12.0 Å². The van der Waals surface area contributed by atoms with Gasteiger partial charge in [0.2, 0.25) is 0 Å². The summed E-state index contributed by atoms with van der Waals surface area (Å²) in [6, 6.07) is 10.9. The second kappa shape index (κ2) is 7.96. The molecule has 4 fully saturated rings. The molecule has 0 spiro atoms. The first-order valence-corrected chi connectivity index (χ1v) is 9.52. The molecule has 1 unspecified atom stereocenters. The van der Waals surface area contributed by atoms with Crippen LogP contribution in [0.3, 0.4) is 0 Å². The quantitative estimate of drug-likeness (QED) is 0.873. The molecule has 5 heteroatoms. The smallest absolute Gasteiger partial charge is 0.407 e. The van der Waals surface area contributed by atoms with Crippen molar-refractivity contribution < 1.29 is 9.90 Å². The molecule has 1 N–H and O–H groups in total. The van der Waals surface area contributed by atoms with Gasteiger partial charge in [-0.3, -0.25) is 0 Å². The zero-order chi connectivity index (χ0) is 16.5. The lowest BCUT2D eigenvalue weighted by Gasteiger charge is -2.52. The fraction of sp³-hybridized carbons (Fsp3) is 0.650. The molecular formula is C20H29ClN2O2. The molecule has 1 amide bonds. The number of carboxylic acid groups (broad SMARTS) is 1. The van der Waals surface area contributed by atoms with Crippen molar-refractivity contribution in [2.75, 3.05) is 19.6 Å². The van der Waals surface area contributed by atoms with Crippen LogP contribution < -0.4 is 0 Å². The van der Waals surface area contributed by atoms with Gasteiger partial charge in [0, 0.05) is 18.5 Å². The van der Waals surface area contributed by atoms with E-state index in [9.17, 15) is 9.90 Å². The molecule has 4 nitrogen and oxygen atoms in total. The van der Waals surface area contributed by atoms with E-state index in [-0.39, 0.29) is 24.5 Å². The van der Waals surface area contributed by atoms with Gasteiger partial charge in [-0.05, 0) is 50.3 Å². The van der Waals surface area contributed by atoms with Gasteiger partial charge >= 0.3 is 6.09 Å². The highest BCUT2D eigenvalue weighted by molar-refractivity contribution is 5.85. The monoisotopic (exact) mass is 364 g/mol. The summed E-state index contributed by atoms with van der Waals surface area (Å²) in [7, 11) is 0. The summed E-state index contributed by atoms with van der Waals surface area (Å²) in [5, 5.41) is 10.1. The van der Waals surface area contributed by atoms with Gasteiger partial charge < -0.3 is 14.9 Å². The summed E-state index contributed by atoms with van der Waals surface area (Å²) in [5.74, 6) is 0.913. The van der Waals surface area contributed by atoms with Gasteiger partial charge in [0.1, 0.15) is 0 Å². The Labute approximate surface area is 156 Å². The fourth-order valence-electron chi connectivity index (χ4n) is 5.31. The van der Waals surface area contributed by atoms with Crippen LogP contribution in [0, 0.1) is 5.92 Å². The number of rotatable bonds is 3. The lowest BCUT2D eigenvalue weighted by atomic mass is 9.76. The van der Waals surface area contributed by atoms with Gasteiger partial charge in [0.25, 0.3) is 0 Å². The van der Waals surface area contributed by atoms with Gasteiger partial charge in [-0.25, -0.2) is 4.79 Å². The van der Waals surface area contributed by atoms with E-state index >= 15 is 0 Å². The van der Waals surface area contributed by atoms with Crippen molar-refractivity contribution in [3.63, 3.8) is 0 Å². The molecule has 1 aliphatic carbocycles. The van der Waals surface area contributed by atoms with Crippen molar-refractivity contribution >= 4 is 18.5 Å². The average molecular weight is 365 g/mol. The number of nitrogens with zero attached hydrogens (tertiary/aromatic N) is 2. The second-order valence-corrected chi connectivity index (χ2v) is 7.76. The number of fused-ring (bicyclic) bond motifs is 3. The van der Waals surface area contributed by atoms with Crippen LogP contribution in [-0.2, 0) is 0 Å². The predicted octanol–water partition coefficient (Wildman–Crippen LogP) is 4.21. The molecule has 5 rings (SSSR count). The molecule has 2 bridgehead atoms. The lowest BCUT2D eigenvalue weighted by molar-refractivity contribution is -0.0167. The molecule has 25 heavy (non-hydrogen) atoms. The number of piperidine rings is 3. The maximum atomic E-state index is 12.3. The van der Waals surface area contributed by atoms with Crippen LogP contribution in [0.4, 0.5) is 4.79 Å². The Morgan fingerprint density at radius 3 is 2.28 bits per heavy atom. The average Bonchev–Trinajstić information content (AvgIpc) is 2.64. The van der Waals surface area contributed by atoms with Crippen LogP contribution in [-0.4, -0.2) is 52.7 Å². The highest BCUT2D eigenvalue weighted by Crippen LogP contribution is 2.40. The largest absolute Gasteiger partial charge is 0.465 e. The Balaban J connectivity index is 0.00000182. The van der Waals surface area contributed by atoms with Gasteiger partial charge in [-0.1, -0.05) is 43.2 Å². The third kappa shape index (κ3) is 3.65. The molecule has 1 saturated carbocycles. The highest BCUT2D eigenvalue weighted by atomic mass is 35.5. The first-order chi connectivity index (χ1) is 11.7. The standard InChI is InChI=1S/C20H28N2O2.ClH/c23-20(24)22(19-14-21-12-10-16(19)11-13-21)18-9-5-4-8-17(18)15-6-2-1-3-7-15;/h1-3,6-7,16-19H,4-5,8-14H2,(H,23,24);1H/t17-,18+,19?;/m0./s1. The van der Waals surface area contributed by atoms with E-state index in [4.69, 9.17) is 0 Å². The highest BCUT2D eigenvalue weighted by Gasteiger charge is 2.44. The third-order valence-electron chi connectivity index (χ3n) is 6.51. The summed E-state index contributed by atoms with van der Waals surface area (Å²) in [5.41, 5.74) is 1.31. The minimum absolute atomic E-state index is 0. The summed E-state index contributed by atoms with van der Waals surface area (Å²) in [6.45, 7) is 3.25. The molecule has 0 aromatic heterocycles. The van der Waals surface area contributed by atoms with E-state index < -0.39 is 6.09 Å². The molecule has 3 atom stereocenters. The van der Waals surface area contributed by atoms with E-state index in [0.717, 1.165) is 51.7 Å². The first kappa shape index (κ1) is 18.5. The number of hydrogen-bond acceptors (Lipinski definition) is 2. The molecule has 4 aliphatic rings. The number of carbonyl (C=O) groups is 1. The minimum Gasteiger partial charge on any atom is -0.465 e. The Morgan fingerprint density at radius 1 is 1.00 bits per heavy atom. The molecule has 3 heterocycles. The Morgan fingerprint density at radius 2 is 1.68 bits per heavy atom. The molecule has 138 valence electrons. The molecule has 1 aromatic rings. The zero-order valence-electron chi connectivity index (χ0n) is 14.7. The van der Waals surface area contributed by atoms with Gasteiger partial charge in [-0.15, -0.1) is 12.4 Å². The number of amides is 1. The Hall–Kier alpha value is -1.26. The zero-order valence-corrected chi connectivity index (χ0v) is 15.5. The number of hydrogen-bond donors (Lipinski definition) is 1. The van der Waals surface area contributed by atoms with Gasteiger partial charge in [0.05, 0.1) is 6.04 Å². The topological polar surface area (TPSA) is 43.8 Å². The molecule has 1 aromatic carbocycles. The normalized spacial score (nSPS) is 34.2. The second-order valence-electron chi connectivity index (χ2n) is 7.76. The van der Waals surface area contributed by atoms with E-state index in [0.29, 0.717) is 11.8 Å². The summed E-state index contributed by atoms with van der Waals surface area (Å²) in [6.07, 6.45) is 6.10. The maximum absolute atomic E-state index is 12.3. The van der Waals surface area contributed by atoms with E-state index in [1.54, 1.807) is 0 Å². The Kier molecular flexibility index (Phi) is 5.90. The van der Waals surface area contributed by atoms with Crippen molar-refractivity contribution in [3.8, 4) is 0 Å². The molecule has 3 saturated heterocycles. The molecule has 0 radical (unpaired) electrons. The molecule has 3 aliphatic heterocycles. The van der Waals surface area contributed by atoms with E-state index in [2.05, 4.69) is 29.2 Å². The Bertz CT molecular complexity index is 574. The van der Waals surface area contributed by atoms with Crippen LogP contribution in [0.15, 0.2) is 30.3 Å². The maximum Gasteiger partial charge on any atom is 0.407 e. The number of halogens is 1. The van der Waals surface area contributed by atoms with Crippen molar-refractivity contribution in [1.82, 2.24) is 9.80 Å². The SMILES string of the molecule is Cl.O=C(O)N(C1CN2CCC1CC2)[C@@H]1CCCC[C@H]1c1ccccc1. The predicted molar refractivity (Wildman–Crippen MR) is 102 cm³/mol. The van der Waals surface area contributed by atoms with Crippen molar-refractivity contribution in [2.24, 2.45) is 5.92 Å². The third-order valence-corrected chi connectivity index (χ3v) is 6.51. The molecular weight excluding hydrogens is 336 g/mol. The van der Waals surface area contributed by atoms with E-state index in [1.807, 2.05) is 11.0 Å². The van der Waals surface area contributed by atoms with Crippen LogP contribution in [0.5, 0.6) is 0 Å². The summed E-state index contributed by atoms with van der Waals surface area (Å²) < 4.78 is 0. The minimum atomic E-state index is -0.707. The van der Waals surface area contributed by atoms with Crippen LogP contribution >= 0.6 is 12.4 Å². The van der Waals surface area contributed by atoms with Gasteiger partial charge in [0.15, 0.2) is 0 Å². The van der Waals surface area contributed by atoms with Crippen molar-refractivity contribution in [1.29, 1.82) is 0 Å². The van der Waals surface area contributed by atoms with Crippen LogP contribution in [0.2, 0.25) is 0 Å². The summed E-state index contributed by atoms with van der Waals surface area (Å²) in [4.78, 5) is 16.6. The lowest BCUT2D eigenvalue weighted by Crippen LogP contribution is -2.62. The fourth-order valence-corrected chi connectivity index (χ4v) is 5.31. The van der Waals surface area contributed by atoms with Gasteiger partial charge in [-0.2, -0.15) is 0 Å². The van der Waals surface area contributed by atoms with Crippen LogP contribution in [0.1, 0.15) is 50.0 Å². The van der Waals surface area contributed by atoms with Crippen LogP contribution in [0.25, 0.3) is 0 Å². The van der Waals surface area contributed by atoms with Crippen molar-refractivity contribution in [3.05, 3.63) is 35.9 Å². The van der Waals surface area contributed by atoms with Crippen molar-refractivity contribution in [2.45, 2.75) is 56.5 Å².